The molecule has 396 valence electrons. The second-order valence-electron chi connectivity index (χ2n) is 18.3. The number of aromatic carboxylic acids is 3. The van der Waals surface area contributed by atoms with Gasteiger partial charge in [0.15, 0.2) is 0 Å². The van der Waals surface area contributed by atoms with E-state index in [0.29, 0.717) is 19.6 Å². The normalized spacial score (nSPS) is 10.3. The summed E-state index contributed by atoms with van der Waals surface area (Å²) in [5.74, 6) is -1.02. The van der Waals surface area contributed by atoms with Crippen molar-refractivity contribution in [1.82, 2.24) is 28.7 Å². The Labute approximate surface area is 431 Å². The molecule has 0 atom stereocenters. The van der Waals surface area contributed by atoms with Crippen molar-refractivity contribution < 1.29 is 29.7 Å². The largest absolute Gasteiger partial charge is 0.478 e. The highest BCUT2D eigenvalue weighted by Crippen LogP contribution is 2.16. The molecule has 0 fully saturated rings. The Morgan fingerprint density at radius 1 is 0.417 bits per heavy atom. The van der Waals surface area contributed by atoms with Crippen LogP contribution in [-0.2, 0) is 38.9 Å². The standard InChI is InChI=1S/3C16H27N3.C9H6O6/c3*1-2-3-4-5-6-7-8-9-10-11-16-18-13-15-19(16)14-12-17;10-7(11)4-1-2-5(8(12)13)6(3-4)9(14)15/h3*13,15H,2-11,14H2,1H3;1-3H,(H,10,11)(H,12,13)(H,14,15). The minimum absolute atomic E-state index is 0.266. The Morgan fingerprint density at radius 2 is 0.694 bits per heavy atom. The SMILES string of the molecule is CCCCCCCCCCCc1nccn1CC#N.CCCCCCCCCCCc1nccn1CC#N.CCCCCCCCCCCc1nccn1CC#N.O=C(O)c1ccc(C(=O)O)c(C(=O)O)c1. The van der Waals surface area contributed by atoms with Gasteiger partial charge >= 0.3 is 17.9 Å². The van der Waals surface area contributed by atoms with Gasteiger partial charge in [-0.2, -0.15) is 15.8 Å². The van der Waals surface area contributed by atoms with Crippen LogP contribution in [0.2, 0.25) is 0 Å². The lowest BCUT2D eigenvalue weighted by atomic mass is 10.0. The van der Waals surface area contributed by atoms with Crippen LogP contribution in [0.3, 0.4) is 0 Å². The summed E-state index contributed by atoms with van der Waals surface area (Å²) >= 11 is 0. The third-order valence-corrected chi connectivity index (χ3v) is 12.4. The quantitative estimate of drug-likeness (QED) is 0.0361. The van der Waals surface area contributed by atoms with Crippen LogP contribution >= 0.6 is 0 Å². The van der Waals surface area contributed by atoms with E-state index in [1.165, 1.54) is 173 Å². The van der Waals surface area contributed by atoms with Crippen molar-refractivity contribution in [3.8, 4) is 18.2 Å². The van der Waals surface area contributed by atoms with Gasteiger partial charge in [-0.3, -0.25) is 0 Å². The predicted octanol–water partition coefficient (Wildman–Crippen LogP) is 14.2. The zero-order chi connectivity index (χ0) is 52.9. The third kappa shape index (κ3) is 30.5. The van der Waals surface area contributed by atoms with E-state index in [0.717, 1.165) is 54.9 Å². The number of carboxylic acids is 3. The van der Waals surface area contributed by atoms with Gasteiger partial charge in [0.05, 0.1) is 34.9 Å². The lowest BCUT2D eigenvalue weighted by Gasteiger charge is -2.04. The van der Waals surface area contributed by atoms with Crippen molar-refractivity contribution in [2.24, 2.45) is 0 Å². The van der Waals surface area contributed by atoms with Crippen LogP contribution in [0.1, 0.15) is 243 Å². The molecule has 4 rings (SSSR count). The maximum absolute atomic E-state index is 10.6. The number of carbonyl (C=O) groups is 3. The minimum atomic E-state index is -1.48. The number of rotatable bonds is 36. The molecule has 0 saturated heterocycles. The molecule has 0 aliphatic carbocycles. The molecule has 0 bridgehead atoms. The fraction of sp³-hybridized carbons (Fsp3) is 0.632. The zero-order valence-electron chi connectivity index (χ0n) is 44.1. The summed E-state index contributed by atoms with van der Waals surface area (Å²) in [5, 5.41) is 52.0. The highest BCUT2D eigenvalue weighted by molar-refractivity contribution is 6.03. The monoisotopic (exact) mass is 994 g/mol. The van der Waals surface area contributed by atoms with Crippen molar-refractivity contribution in [3.05, 3.63) is 89.5 Å². The first-order valence-electron chi connectivity index (χ1n) is 27.0. The summed E-state index contributed by atoms with van der Waals surface area (Å²) in [4.78, 5) is 44.7. The summed E-state index contributed by atoms with van der Waals surface area (Å²) in [6, 6.07) is 9.31. The van der Waals surface area contributed by atoms with Gasteiger partial charge in [-0.1, -0.05) is 175 Å². The average Bonchev–Trinajstić information content (AvgIpc) is 4.15. The first-order chi connectivity index (χ1) is 35.1. The molecule has 0 saturated carbocycles. The molecule has 0 aliphatic heterocycles. The molecule has 3 N–H and O–H groups in total. The summed E-state index contributed by atoms with van der Waals surface area (Å²) < 4.78 is 5.85. The second-order valence-corrected chi connectivity index (χ2v) is 18.3. The summed E-state index contributed by atoms with van der Waals surface area (Å²) in [5.41, 5.74) is -1.24. The van der Waals surface area contributed by atoms with Gasteiger partial charge in [0.25, 0.3) is 0 Å². The van der Waals surface area contributed by atoms with Gasteiger partial charge < -0.3 is 29.0 Å². The molecule has 15 nitrogen and oxygen atoms in total. The summed E-state index contributed by atoms with van der Waals surface area (Å²) in [6.07, 6.45) is 50.4. The fourth-order valence-electron chi connectivity index (χ4n) is 8.19. The lowest BCUT2D eigenvalue weighted by Crippen LogP contribution is -2.10. The highest BCUT2D eigenvalue weighted by atomic mass is 16.4. The fourth-order valence-corrected chi connectivity index (χ4v) is 8.19. The summed E-state index contributed by atoms with van der Waals surface area (Å²) in [6.45, 7) is 8.05. The number of nitriles is 3. The van der Waals surface area contributed by atoms with E-state index < -0.39 is 29.0 Å². The highest BCUT2D eigenvalue weighted by Gasteiger charge is 2.18. The predicted molar refractivity (Wildman–Crippen MR) is 284 cm³/mol. The topological polar surface area (TPSA) is 237 Å². The molecule has 4 aromatic rings. The van der Waals surface area contributed by atoms with Crippen LogP contribution in [0.15, 0.2) is 55.4 Å². The first-order valence-corrected chi connectivity index (χ1v) is 27.0. The average molecular weight is 994 g/mol. The number of aromatic nitrogens is 6. The van der Waals surface area contributed by atoms with Crippen molar-refractivity contribution in [1.29, 1.82) is 15.8 Å². The van der Waals surface area contributed by atoms with E-state index in [2.05, 4.69) is 53.9 Å². The third-order valence-electron chi connectivity index (χ3n) is 12.4. The number of carboxylic acid groups (broad SMARTS) is 3. The molecule has 1 aromatic carbocycles. The molecule has 0 radical (unpaired) electrons. The minimum Gasteiger partial charge on any atom is -0.478 e. The number of imidazole rings is 3. The Hall–Kier alpha value is -6.27. The van der Waals surface area contributed by atoms with E-state index in [9.17, 15) is 14.4 Å². The molecule has 15 heteroatoms. The molecular weight excluding hydrogens is 907 g/mol. The van der Waals surface area contributed by atoms with E-state index in [4.69, 9.17) is 31.1 Å². The van der Waals surface area contributed by atoms with Crippen LogP contribution in [0.25, 0.3) is 0 Å². The van der Waals surface area contributed by atoms with Gasteiger partial charge in [0, 0.05) is 56.4 Å². The van der Waals surface area contributed by atoms with Gasteiger partial charge in [-0.25, -0.2) is 29.3 Å². The van der Waals surface area contributed by atoms with E-state index in [1.807, 2.05) is 32.3 Å². The molecule has 0 amide bonds. The second kappa shape index (κ2) is 43.5. The smallest absolute Gasteiger partial charge is 0.336 e. The van der Waals surface area contributed by atoms with Gasteiger partial charge in [-0.05, 0) is 37.5 Å². The maximum Gasteiger partial charge on any atom is 0.336 e. The van der Waals surface area contributed by atoms with E-state index in [1.54, 1.807) is 18.6 Å². The molecule has 72 heavy (non-hydrogen) atoms. The Morgan fingerprint density at radius 3 is 0.944 bits per heavy atom. The lowest BCUT2D eigenvalue weighted by molar-refractivity contribution is 0.0649. The Kier molecular flexibility index (Phi) is 38.5. The molecule has 0 spiro atoms. The molecule has 3 aromatic heterocycles. The molecular formula is C57H87N9O6. The zero-order valence-corrected chi connectivity index (χ0v) is 44.1. The van der Waals surface area contributed by atoms with Gasteiger partial charge in [0.1, 0.15) is 37.1 Å². The van der Waals surface area contributed by atoms with Gasteiger partial charge in [-0.15, -0.1) is 0 Å². The maximum atomic E-state index is 10.6. The van der Waals surface area contributed by atoms with Crippen LogP contribution in [0, 0.1) is 34.0 Å². The number of hydrogen-bond acceptors (Lipinski definition) is 9. The Bertz CT molecular complexity index is 1980. The molecule has 0 aliphatic rings. The van der Waals surface area contributed by atoms with Crippen molar-refractivity contribution in [3.63, 3.8) is 0 Å². The number of unbranched alkanes of at least 4 members (excludes halogenated alkanes) is 24. The first kappa shape index (κ1) is 63.7. The Balaban J connectivity index is 0.000000482. The van der Waals surface area contributed by atoms with Crippen LogP contribution < -0.4 is 0 Å². The molecule has 3 heterocycles. The van der Waals surface area contributed by atoms with Gasteiger partial charge in [0.2, 0.25) is 0 Å². The number of aryl methyl sites for hydroxylation is 3. The molecule has 0 unspecified atom stereocenters. The number of nitrogens with zero attached hydrogens (tertiary/aromatic N) is 9. The van der Waals surface area contributed by atoms with Crippen LogP contribution in [0.5, 0.6) is 0 Å². The number of hydrogen-bond donors (Lipinski definition) is 3. The van der Waals surface area contributed by atoms with Crippen molar-refractivity contribution >= 4 is 17.9 Å². The van der Waals surface area contributed by atoms with Crippen molar-refractivity contribution in [2.75, 3.05) is 0 Å². The summed E-state index contributed by atoms with van der Waals surface area (Å²) in [7, 11) is 0. The number of benzene rings is 1. The van der Waals surface area contributed by atoms with Crippen LogP contribution in [0.4, 0.5) is 0 Å². The van der Waals surface area contributed by atoms with E-state index in [-0.39, 0.29) is 5.56 Å². The van der Waals surface area contributed by atoms with Crippen LogP contribution in [-0.4, -0.2) is 61.9 Å². The van der Waals surface area contributed by atoms with E-state index >= 15 is 0 Å². The van der Waals surface area contributed by atoms with Crippen molar-refractivity contribution in [2.45, 2.75) is 233 Å².